The highest BCUT2D eigenvalue weighted by molar-refractivity contribution is 5.76. The molecule has 1 aliphatic heterocycles. The molecule has 1 saturated heterocycles. The van der Waals surface area contributed by atoms with Gasteiger partial charge in [0.25, 0.3) is 0 Å². The van der Waals surface area contributed by atoms with Crippen LogP contribution in [0.3, 0.4) is 0 Å². The maximum absolute atomic E-state index is 11.4. The number of amides is 1. The average molecular weight is 231 g/mol. The summed E-state index contributed by atoms with van der Waals surface area (Å²) in [5, 5.41) is 8.52. The number of ether oxygens (including phenoxy) is 2. The molecule has 1 aliphatic rings. The van der Waals surface area contributed by atoms with Crippen molar-refractivity contribution >= 4 is 12.1 Å². The molecular formula is C10H17NO5. The Morgan fingerprint density at radius 1 is 1.44 bits per heavy atom. The Bertz CT molecular complexity index is 268. The van der Waals surface area contributed by atoms with Crippen LogP contribution in [0.25, 0.3) is 0 Å². The lowest BCUT2D eigenvalue weighted by atomic mass is 9.99. The predicted octanol–water partition coefficient (Wildman–Crippen LogP) is -0.144. The van der Waals surface area contributed by atoms with Gasteiger partial charge < -0.3 is 19.5 Å². The predicted molar refractivity (Wildman–Crippen MR) is 54.7 cm³/mol. The molecule has 1 amide bonds. The number of esters is 1. The molecule has 1 rings (SSSR count). The van der Waals surface area contributed by atoms with Gasteiger partial charge in [-0.1, -0.05) is 6.92 Å². The van der Waals surface area contributed by atoms with Crippen molar-refractivity contribution in [1.29, 1.82) is 0 Å². The van der Waals surface area contributed by atoms with Crippen LogP contribution >= 0.6 is 0 Å². The fourth-order valence-corrected chi connectivity index (χ4v) is 1.80. The van der Waals surface area contributed by atoms with Gasteiger partial charge in [-0.05, 0) is 5.92 Å². The van der Waals surface area contributed by atoms with Gasteiger partial charge in [-0.25, -0.2) is 4.79 Å². The highest BCUT2D eigenvalue weighted by Gasteiger charge is 2.38. The number of aliphatic hydroxyl groups excluding tert-OH is 1. The maximum Gasteiger partial charge on any atom is 0.409 e. The standard InChI is InChI=1S/C10H17NO5/c1-7-5-11(10(14)16-4-3-12)6-8(7)9(13)15-2/h7-8,12H,3-6H2,1-2H3. The molecule has 16 heavy (non-hydrogen) atoms. The lowest BCUT2D eigenvalue weighted by Crippen LogP contribution is -2.31. The third-order valence-electron chi connectivity index (χ3n) is 2.69. The van der Waals surface area contributed by atoms with Crippen molar-refractivity contribution in [3.63, 3.8) is 0 Å². The Balaban J connectivity index is 2.49. The Kier molecular flexibility index (Phi) is 4.54. The number of hydrogen-bond acceptors (Lipinski definition) is 5. The minimum Gasteiger partial charge on any atom is -0.469 e. The summed E-state index contributed by atoms with van der Waals surface area (Å²) < 4.78 is 9.43. The fraction of sp³-hybridized carbons (Fsp3) is 0.800. The van der Waals surface area contributed by atoms with E-state index in [0.717, 1.165) is 0 Å². The summed E-state index contributed by atoms with van der Waals surface area (Å²) in [4.78, 5) is 24.3. The van der Waals surface area contributed by atoms with Gasteiger partial charge in [-0.15, -0.1) is 0 Å². The second kappa shape index (κ2) is 5.69. The molecule has 1 N–H and O–H groups in total. The molecule has 0 radical (unpaired) electrons. The van der Waals surface area contributed by atoms with Crippen LogP contribution in [0.4, 0.5) is 4.79 Å². The van der Waals surface area contributed by atoms with Gasteiger partial charge in [0.1, 0.15) is 6.61 Å². The van der Waals surface area contributed by atoms with Crippen molar-refractivity contribution in [2.24, 2.45) is 11.8 Å². The van der Waals surface area contributed by atoms with E-state index in [1.165, 1.54) is 12.0 Å². The Morgan fingerprint density at radius 2 is 2.12 bits per heavy atom. The number of aliphatic hydroxyl groups is 1. The molecule has 0 aromatic heterocycles. The molecule has 1 heterocycles. The number of nitrogens with zero attached hydrogens (tertiary/aromatic N) is 1. The van der Waals surface area contributed by atoms with E-state index in [4.69, 9.17) is 9.84 Å². The first-order chi connectivity index (χ1) is 7.60. The van der Waals surface area contributed by atoms with E-state index in [0.29, 0.717) is 13.1 Å². The second-order valence-electron chi connectivity index (χ2n) is 3.85. The summed E-state index contributed by atoms with van der Waals surface area (Å²) in [5.74, 6) is -0.522. The van der Waals surface area contributed by atoms with E-state index in [9.17, 15) is 9.59 Å². The van der Waals surface area contributed by atoms with Crippen LogP contribution in [-0.4, -0.2) is 55.5 Å². The lowest BCUT2D eigenvalue weighted by molar-refractivity contribution is -0.146. The number of carbonyl (C=O) groups excluding carboxylic acids is 2. The molecule has 1 fully saturated rings. The molecule has 0 bridgehead atoms. The van der Waals surface area contributed by atoms with Gasteiger partial charge in [-0.2, -0.15) is 0 Å². The zero-order valence-corrected chi connectivity index (χ0v) is 9.51. The largest absolute Gasteiger partial charge is 0.469 e. The average Bonchev–Trinajstić information content (AvgIpc) is 2.67. The number of likely N-dealkylation sites (tertiary alicyclic amines) is 1. The molecule has 0 aromatic rings. The second-order valence-corrected chi connectivity index (χ2v) is 3.85. The normalized spacial score (nSPS) is 24.3. The third-order valence-corrected chi connectivity index (χ3v) is 2.69. The molecule has 92 valence electrons. The first kappa shape index (κ1) is 12.8. The van der Waals surface area contributed by atoms with Crippen LogP contribution in [0.2, 0.25) is 0 Å². The van der Waals surface area contributed by atoms with Crippen LogP contribution in [-0.2, 0) is 14.3 Å². The van der Waals surface area contributed by atoms with Gasteiger partial charge in [0.05, 0.1) is 19.6 Å². The van der Waals surface area contributed by atoms with Crippen molar-refractivity contribution in [2.75, 3.05) is 33.4 Å². The minimum absolute atomic E-state index is 0.0212. The first-order valence-corrected chi connectivity index (χ1v) is 5.20. The van der Waals surface area contributed by atoms with Gasteiger partial charge >= 0.3 is 12.1 Å². The fourth-order valence-electron chi connectivity index (χ4n) is 1.80. The highest BCUT2D eigenvalue weighted by Crippen LogP contribution is 2.24. The van der Waals surface area contributed by atoms with Crippen LogP contribution < -0.4 is 0 Å². The number of carbonyl (C=O) groups is 2. The maximum atomic E-state index is 11.4. The highest BCUT2D eigenvalue weighted by atomic mass is 16.6. The van der Waals surface area contributed by atoms with Gasteiger partial charge in [0, 0.05) is 13.1 Å². The zero-order valence-electron chi connectivity index (χ0n) is 9.51. The summed E-state index contributed by atoms with van der Waals surface area (Å²) in [6.07, 6.45) is -0.493. The molecular weight excluding hydrogens is 214 g/mol. The number of methoxy groups -OCH3 is 1. The summed E-state index contributed by atoms with van der Waals surface area (Å²) in [6.45, 7) is 2.46. The van der Waals surface area contributed by atoms with Crippen molar-refractivity contribution in [3.8, 4) is 0 Å². The van der Waals surface area contributed by atoms with Crippen LogP contribution in [0, 0.1) is 11.8 Å². The lowest BCUT2D eigenvalue weighted by Gasteiger charge is -2.15. The molecule has 6 heteroatoms. The first-order valence-electron chi connectivity index (χ1n) is 5.20. The summed E-state index contributed by atoms with van der Waals surface area (Å²) in [6, 6.07) is 0. The molecule has 0 spiro atoms. The molecule has 0 aliphatic carbocycles. The Labute approximate surface area is 94.1 Å². The monoisotopic (exact) mass is 231 g/mol. The van der Waals surface area contributed by atoms with Gasteiger partial charge in [0.2, 0.25) is 0 Å². The van der Waals surface area contributed by atoms with E-state index in [1.54, 1.807) is 0 Å². The van der Waals surface area contributed by atoms with Crippen molar-refractivity contribution in [1.82, 2.24) is 4.90 Å². The van der Waals surface area contributed by atoms with E-state index in [1.807, 2.05) is 6.92 Å². The van der Waals surface area contributed by atoms with Gasteiger partial charge in [-0.3, -0.25) is 4.79 Å². The molecule has 2 unspecified atom stereocenters. The molecule has 2 atom stereocenters. The molecule has 0 aromatic carbocycles. The third kappa shape index (κ3) is 2.85. The smallest absolute Gasteiger partial charge is 0.409 e. The van der Waals surface area contributed by atoms with E-state index in [-0.39, 0.29) is 31.0 Å². The number of hydrogen-bond donors (Lipinski definition) is 1. The quantitative estimate of drug-likeness (QED) is 0.684. The van der Waals surface area contributed by atoms with Crippen molar-refractivity contribution < 1.29 is 24.2 Å². The Hall–Kier alpha value is -1.30. The molecule has 0 saturated carbocycles. The van der Waals surface area contributed by atoms with Crippen LogP contribution in [0.1, 0.15) is 6.92 Å². The Morgan fingerprint density at radius 3 is 2.69 bits per heavy atom. The van der Waals surface area contributed by atoms with Crippen LogP contribution in [0.5, 0.6) is 0 Å². The SMILES string of the molecule is COC(=O)C1CN(C(=O)OCCO)CC1C. The van der Waals surface area contributed by atoms with Crippen LogP contribution in [0.15, 0.2) is 0 Å². The zero-order chi connectivity index (χ0) is 12.1. The molecule has 6 nitrogen and oxygen atoms in total. The van der Waals surface area contributed by atoms with Gasteiger partial charge in [0.15, 0.2) is 0 Å². The summed E-state index contributed by atoms with van der Waals surface area (Å²) in [7, 11) is 1.34. The van der Waals surface area contributed by atoms with E-state index < -0.39 is 6.09 Å². The van der Waals surface area contributed by atoms with Crippen molar-refractivity contribution in [2.45, 2.75) is 6.92 Å². The summed E-state index contributed by atoms with van der Waals surface area (Å²) in [5.41, 5.74) is 0. The summed E-state index contributed by atoms with van der Waals surface area (Å²) >= 11 is 0. The topological polar surface area (TPSA) is 76.1 Å². The van der Waals surface area contributed by atoms with E-state index >= 15 is 0 Å². The van der Waals surface area contributed by atoms with Crippen molar-refractivity contribution in [3.05, 3.63) is 0 Å². The number of rotatable bonds is 3. The van der Waals surface area contributed by atoms with E-state index in [2.05, 4.69) is 4.74 Å². The minimum atomic E-state index is -0.493.